The van der Waals surface area contributed by atoms with Crippen LogP contribution < -0.4 is 4.74 Å². The van der Waals surface area contributed by atoms with Gasteiger partial charge in [-0.3, -0.25) is 9.69 Å². The first-order chi connectivity index (χ1) is 9.22. The molecule has 1 aromatic rings. The van der Waals surface area contributed by atoms with Crippen molar-refractivity contribution in [3.05, 3.63) is 29.8 Å². The summed E-state index contributed by atoms with van der Waals surface area (Å²) in [6.45, 7) is 1.89. The lowest BCUT2D eigenvalue weighted by Gasteiger charge is -2.25. The number of carbonyl (C=O) groups is 1. The van der Waals surface area contributed by atoms with E-state index in [-0.39, 0.29) is 6.42 Å². The third-order valence-corrected chi connectivity index (χ3v) is 3.70. The lowest BCUT2D eigenvalue weighted by Crippen LogP contribution is -2.25. The Kier molecular flexibility index (Phi) is 4.80. The molecule has 0 spiro atoms. The van der Waals surface area contributed by atoms with E-state index in [0.29, 0.717) is 12.5 Å². The summed E-state index contributed by atoms with van der Waals surface area (Å²) in [5.74, 6) is 0.214. The number of nitrogens with zero attached hydrogens (tertiary/aromatic N) is 1. The molecule has 1 saturated heterocycles. The van der Waals surface area contributed by atoms with Crippen LogP contribution in [0.15, 0.2) is 24.3 Å². The van der Waals surface area contributed by atoms with Crippen molar-refractivity contribution in [2.75, 3.05) is 20.2 Å². The first-order valence-corrected chi connectivity index (χ1v) is 6.81. The van der Waals surface area contributed by atoms with Gasteiger partial charge in [0.15, 0.2) is 0 Å². The molecule has 1 N–H and O–H groups in total. The van der Waals surface area contributed by atoms with Gasteiger partial charge in [-0.05, 0) is 38.4 Å². The molecule has 0 radical (unpaired) electrons. The number of benzene rings is 1. The van der Waals surface area contributed by atoms with Crippen molar-refractivity contribution in [1.82, 2.24) is 4.90 Å². The van der Waals surface area contributed by atoms with E-state index in [9.17, 15) is 4.79 Å². The highest BCUT2D eigenvalue weighted by Crippen LogP contribution is 2.36. The van der Waals surface area contributed by atoms with Gasteiger partial charge in [-0.1, -0.05) is 18.2 Å². The fraction of sp³-hybridized carbons (Fsp3) is 0.533. The minimum absolute atomic E-state index is 0.245. The van der Waals surface area contributed by atoms with Crippen LogP contribution in [0.4, 0.5) is 0 Å². The highest BCUT2D eigenvalue weighted by atomic mass is 16.5. The molecule has 19 heavy (non-hydrogen) atoms. The number of carboxylic acid groups (broad SMARTS) is 1. The number of ether oxygens (including phenoxy) is 1. The van der Waals surface area contributed by atoms with Gasteiger partial charge < -0.3 is 9.84 Å². The zero-order valence-electron chi connectivity index (χ0n) is 11.3. The van der Waals surface area contributed by atoms with Crippen molar-refractivity contribution >= 4 is 5.97 Å². The molecule has 2 rings (SSSR count). The van der Waals surface area contributed by atoms with Crippen LogP contribution in [0.25, 0.3) is 0 Å². The van der Waals surface area contributed by atoms with Crippen molar-refractivity contribution < 1.29 is 14.6 Å². The Hall–Kier alpha value is -1.55. The minimum atomic E-state index is -0.715. The number of methoxy groups -OCH3 is 1. The van der Waals surface area contributed by atoms with Gasteiger partial charge in [0.2, 0.25) is 0 Å². The summed E-state index contributed by atoms with van der Waals surface area (Å²) < 4.78 is 5.43. The maximum Gasteiger partial charge on any atom is 0.303 e. The number of para-hydroxylation sites is 1. The lowest BCUT2D eigenvalue weighted by molar-refractivity contribution is -0.137. The molecule has 0 aromatic heterocycles. The van der Waals surface area contributed by atoms with Crippen LogP contribution >= 0.6 is 0 Å². The number of hydrogen-bond donors (Lipinski definition) is 1. The normalized spacial score (nSPS) is 19.5. The summed E-state index contributed by atoms with van der Waals surface area (Å²) >= 11 is 0. The van der Waals surface area contributed by atoms with Crippen LogP contribution in [-0.4, -0.2) is 36.2 Å². The molecule has 0 unspecified atom stereocenters. The van der Waals surface area contributed by atoms with E-state index in [1.54, 1.807) is 7.11 Å². The Morgan fingerprint density at radius 2 is 2.26 bits per heavy atom. The van der Waals surface area contributed by atoms with Crippen LogP contribution in [0, 0.1) is 0 Å². The van der Waals surface area contributed by atoms with Crippen LogP contribution in [0.1, 0.15) is 37.3 Å². The summed E-state index contributed by atoms with van der Waals surface area (Å²) in [5, 5.41) is 8.71. The van der Waals surface area contributed by atoms with Crippen molar-refractivity contribution in [2.45, 2.75) is 31.7 Å². The summed E-state index contributed by atoms with van der Waals surface area (Å²) in [4.78, 5) is 13.0. The zero-order chi connectivity index (χ0) is 13.7. The third-order valence-electron chi connectivity index (χ3n) is 3.70. The van der Waals surface area contributed by atoms with Gasteiger partial charge in [0, 0.05) is 18.0 Å². The fourth-order valence-electron chi connectivity index (χ4n) is 2.82. The van der Waals surface area contributed by atoms with E-state index in [1.807, 2.05) is 18.2 Å². The van der Waals surface area contributed by atoms with Gasteiger partial charge in [0.05, 0.1) is 7.11 Å². The predicted molar refractivity (Wildman–Crippen MR) is 73.4 cm³/mol. The Bertz CT molecular complexity index is 433. The highest BCUT2D eigenvalue weighted by Gasteiger charge is 2.27. The predicted octanol–water partition coefficient (Wildman–Crippen LogP) is 2.70. The molecule has 4 heteroatoms. The second-order valence-electron chi connectivity index (χ2n) is 4.93. The molecule has 1 atom stereocenters. The lowest BCUT2D eigenvalue weighted by atomic mass is 10.0. The molecule has 0 aliphatic carbocycles. The summed E-state index contributed by atoms with van der Waals surface area (Å²) in [6, 6.07) is 8.48. The minimum Gasteiger partial charge on any atom is -0.496 e. The maximum atomic E-state index is 10.6. The summed E-state index contributed by atoms with van der Waals surface area (Å²) in [5.41, 5.74) is 1.22. The van der Waals surface area contributed by atoms with Crippen molar-refractivity contribution in [3.63, 3.8) is 0 Å². The van der Waals surface area contributed by atoms with E-state index in [1.165, 1.54) is 5.56 Å². The van der Waals surface area contributed by atoms with Crippen molar-refractivity contribution in [1.29, 1.82) is 0 Å². The van der Waals surface area contributed by atoms with Gasteiger partial charge in [0.1, 0.15) is 5.75 Å². The third kappa shape index (κ3) is 3.47. The molecule has 1 aromatic carbocycles. The van der Waals surface area contributed by atoms with Crippen LogP contribution in [-0.2, 0) is 4.79 Å². The highest BCUT2D eigenvalue weighted by molar-refractivity contribution is 5.66. The van der Waals surface area contributed by atoms with Gasteiger partial charge in [-0.25, -0.2) is 0 Å². The molecular weight excluding hydrogens is 242 g/mol. The average molecular weight is 263 g/mol. The van der Waals surface area contributed by atoms with Crippen molar-refractivity contribution in [3.8, 4) is 5.75 Å². The Morgan fingerprint density at radius 3 is 3.00 bits per heavy atom. The largest absolute Gasteiger partial charge is 0.496 e. The molecule has 1 aliphatic rings. The molecule has 1 aliphatic heterocycles. The van der Waals surface area contributed by atoms with Gasteiger partial charge in [0.25, 0.3) is 0 Å². The fourth-order valence-corrected chi connectivity index (χ4v) is 2.82. The number of rotatable bonds is 6. The van der Waals surface area contributed by atoms with E-state index in [0.717, 1.165) is 31.7 Å². The smallest absolute Gasteiger partial charge is 0.303 e. The van der Waals surface area contributed by atoms with Gasteiger partial charge in [-0.2, -0.15) is 0 Å². The number of hydrogen-bond acceptors (Lipinski definition) is 3. The molecule has 104 valence electrons. The zero-order valence-corrected chi connectivity index (χ0v) is 11.3. The maximum absolute atomic E-state index is 10.6. The second-order valence-corrected chi connectivity index (χ2v) is 4.93. The number of carboxylic acids is 1. The first-order valence-electron chi connectivity index (χ1n) is 6.81. The monoisotopic (exact) mass is 263 g/mol. The molecule has 4 nitrogen and oxygen atoms in total. The quantitative estimate of drug-likeness (QED) is 0.857. The van der Waals surface area contributed by atoms with Crippen molar-refractivity contribution in [2.24, 2.45) is 0 Å². The van der Waals surface area contributed by atoms with Crippen LogP contribution in [0.5, 0.6) is 5.75 Å². The van der Waals surface area contributed by atoms with Gasteiger partial charge in [-0.15, -0.1) is 0 Å². The molecule has 1 fully saturated rings. The Morgan fingerprint density at radius 1 is 1.47 bits per heavy atom. The molecule has 1 heterocycles. The summed E-state index contributed by atoms with van der Waals surface area (Å²) in [6.07, 6.45) is 3.24. The Balaban J connectivity index is 2.03. The number of aliphatic carboxylic acids is 1. The first kappa shape index (κ1) is 13.9. The topological polar surface area (TPSA) is 49.8 Å². The number of likely N-dealkylation sites (tertiary alicyclic amines) is 1. The Labute approximate surface area is 114 Å². The second kappa shape index (κ2) is 6.57. The van der Waals surface area contributed by atoms with Crippen LogP contribution in [0.2, 0.25) is 0 Å². The average Bonchev–Trinajstić information content (AvgIpc) is 2.86. The molecule has 0 bridgehead atoms. The molecule has 0 amide bonds. The molecular formula is C15H21NO3. The van der Waals surface area contributed by atoms with Gasteiger partial charge >= 0.3 is 5.97 Å². The van der Waals surface area contributed by atoms with E-state index in [2.05, 4.69) is 11.0 Å². The summed E-state index contributed by atoms with van der Waals surface area (Å²) in [7, 11) is 1.70. The standard InChI is InChI=1S/C15H21NO3/c1-19-14-8-3-2-6-12(14)13-7-4-10-16(13)11-5-9-15(17)18/h2-3,6,8,13H,4-5,7,9-11H2,1H3,(H,17,18)/t13-/m1/s1. The van der Waals surface area contributed by atoms with E-state index >= 15 is 0 Å². The molecule has 0 saturated carbocycles. The van der Waals surface area contributed by atoms with E-state index in [4.69, 9.17) is 9.84 Å². The van der Waals surface area contributed by atoms with E-state index < -0.39 is 5.97 Å². The van der Waals surface area contributed by atoms with Crippen LogP contribution in [0.3, 0.4) is 0 Å². The SMILES string of the molecule is COc1ccccc1[C@H]1CCCN1CCCC(=O)O.